The van der Waals surface area contributed by atoms with Crippen molar-refractivity contribution in [2.45, 2.75) is 32.2 Å². The Morgan fingerprint density at radius 2 is 2.14 bits per heavy atom. The predicted molar refractivity (Wildman–Crippen MR) is 82.6 cm³/mol. The Labute approximate surface area is 130 Å². The van der Waals surface area contributed by atoms with Crippen LogP contribution in [0.3, 0.4) is 0 Å². The molecule has 0 radical (unpaired) electrons. The summed E-state index contributed by atoms with van der Waals surface area (Å²) in [6.07, 6.45) is 0.963. The van der Waals surface area contributed by atoms with E-state index in [1.165, 1.54) is 5.56 Å². The second kappa shape index (κ2) is 5.59. The summed E-state index contributed by atoms with van der Waals surface area (Å²) < 4.78 is 1.76. The Morgan fingerprint density at radius 1 is 1.38 bits per heavy atom. The molecule has 114 valence electrons. The van der Waals surface area contributed by atoms with Gasteiger partial charge in [0.15, 0.2) is 0 Å². The number of amides is 1. The van der Waals surface area contributed by atoms with Crippen LogP contribution >= 0.6 is 11.8 Å². The molecule has 1 aromatic rings. The topological polar surface area (TPSA) is 43.8 Å². The van der Waals surface area contributed by atoms with Crippen LogP contribution in [0.15, 0.2) is 12.1 Å². The summed E-state index contributed by atoms with van der Waals surface area (Å²) in [5.74, 6) is 0.277. The normalized spacial score (nSPS) is 25.1. The van der Waals surface area contributed by atoms with E-state index in [4.69, 9.17) is 11.8 Å². The first kappa shape index (κ1) is 14.8. The highest BCUT2D eigenvalue weighted by atomic mass is 35.5. The lowest BCUT2D eigenvalue weighted by Gasteiger charge is -2.38. The van der Waals surface area contributed by atoms with Gasteiger partial charge in [-0.3, -0.25) is 4.79 Å². The molecule has 0 unspecified atom stereocenters. The highest BCUT2D eigenvalue weighted by Crippen LogP contribution is 2.40. The maximum absolute atomic E-state index is 12.8. The molecule has 1 saturated heterocycles. The van der Waals surface area contributed by atoms with E-state index in [9.17, 15) is 9.90 Å². The van der Waals surface area contributed by atoms with Gasteiger partial charge < -0.3 is 10.0 Å². The minimum Gasteiger partial charge on any atom is -0.395 e. The number of aliphatic hydroxyl groups is 1. The summed E-state index contributed by atoms with van der Waals surface area (Å²) in [4.78, 5) is 14.6. The van der Waals surface area contributed by atoms with Gasteiger partial charge in [0, 0.05) is 31.1 Å². The van der Waals surface area contributed by atoms with Crippen molar-refractivity contribution in [3.63, 3.8) is 0 Å². The molecule has 0 saturated carbocycles. The van der Waals surface area contributed by atoms with Crippen molar-refractivity contribution in [2.24, 2.45) is 0 Å². The first-order valence-corrected chi connectivity index (χ1v) is 7.86. The van der Waals surface area contributed by atoms with Crippen LogP contribution in [0.25, 0.3) is 0 Å². The molecule has 4 nitrogen and oxygen atoms in total. The third-order valence-electron chi connectivity index (χ3n) is 4.69. The van der Waals surface area contributed by atoms with Gasteiger partial charge in [-0.25, -0.2) is 4.42 Å². The Hall–Kier alpha value is -1.10. The van der Waals surface area contributed by atoms with Crippen molar-refractivity contribution in [2.75, 3.05) is 26.2 Å². The van der Waals surface area contributed by atoms with E-state index in [0.717, 1.165) is 29.7 Å². The number of carbonyl (C=O) groups is 1. The van der Waals surface area contributed by atoms with Crippen LogP contribution in [0.4, 0.5) is 0 Å². The smallest absolute Gasteiger partial charge is 0.254 e. The minimum atomic E-state index is -0.0152. The van der Waals surface area contributed by atoms with Crippen LogP contribution < -0.4 is 0 Å². The number of carbonyl (C=O) groups excluding carboxylic acids is 1. The third-order valence-corrected chi connectivity index (χ3v) is 4.97. The van der Waals surface area contributed by atoms with Gasteiger partial charge in [-0.2, -0.15) is 0 Å². The molecule has 2 aliphatic heterocycles. The zero-order valence-corrected chi connectivity index (χ0v) is 13.2. The first-order chi connectivity index (χ1) is 10.1. The number of halogens is 1. The quantitative estimate of drug-likeness (QED) is 0.868. The van der Waals surface area contributed by atoms with Gasteiger partial charge in [0.25, 0.3) is 5.91 Å². The fraction of sp³-hybridized carbons (Fsp3) is 0.562. The van der Waals surface area contributed by atoms with E-state index in [1.54, 1.807) is 9.32 Å². The Balaban J connectivity index is 2.13. The fourth-order valence-electron chi connectivity index (χ4n) is 3.71. The van der Waals surface area contributed by atoms with Crippen LogP contribution in [0.5, 0.6) is 0 Å². The van der Waals surface area contributed by atoms with Gasteiger partial charge in [0.1, 0.15) is 0 Å². The number of aryl methyl sites for hydroxylation is 2. The summed E-state index contributed by atoms with van der Waals surface area (Å²) in [6.45, 7) is 5.90. The number of nitrogens with zero attached hydrogens (tertiary/aromatic N) is 2. The average Bonchev–Trinajstić information content (AvgIpc) is 2.84. The molecule has 1 N–H and O–H groups in total. The highest BCUT2D eigenvalue weighted by molar-refractivity contribution is 6.13. The lowest BCUT2D eigenvalue weighted by atomic mass is 9.81. The lowest BCUT2D eigenvalue weighted by Crippen LogP contribution is -2.49. The molecule has 1 aromatic carbocycles. The van der Waals surface area contributed by atoms with Crippen molar-refractivity contribution in [1.29, 1.82) is 0 Å². The number of β-amino-alcohol motifs (C(OH)–C–C–N with tert-alkyl or cyclic N) is 1. The summed E-state index contributed by atoms with van der Waals surface area (Å²) in [5, 5.41) is 9.28. The van der Waals surface area contributed by atoms with E-state index in [2.05, 4.69) is 19.1 Å². The number of benzene rings is 1. The Bertz CT molecular complexity index is 576. The molecule has 0 aliphatic carbocycles. The zero-order chi connectivity index (χ0) is 15.1. The second-order valence-electron chi connectivity index (χ2n) is 5.95. The molecule has 1 fully saturated rings. The molecule has 2 aliphatic rings. The zero-order valence-electron chi connectivity index (χ0n) is 12.5. The average molecular weight is 309 g/mol. The molecule has 1 amide bonds. The van der Waals surface area contributed by atoms with Crippen molar-refractivity contribution in [3.05, 3.63) is 34.4 Å². The molecule has 0 spiro atoms. The SMILES string of the molecule is CCc1cc(C)c2c(c1)[C@H]1CN(Cl)C[C@@H]1N(CCO)C2=O. The fourth-order valence-corrected chi connectivity index (χ4v) is 4.00. The Kier molecular flexibility index (Phi) is 3.95. The molecule has 0 aromatic heterocycles. The van der Waals surface area contributed by atoms with Gasteiger partial charge in [0.05, 0.1) is 12.6 Å². The van der Waals surface area contributed by atoms with Crippen molar-refractivity contribution < 1.29 is 9.90 Å². The maximum Gasteiger partial charge on any atom is 0.254 e. The summed E-state index contributed by atoms with van der Waals surface area (Å²) in [5.41, 5.74) is 4.25. The summed E-state index contributed by atoms with van der Waals surface area (Å²) >= 11 is 6.21. The first-order valence-electron chi connectivity index (χ1n) is 7.52. The highest BCUT2D eigenvalue weighted by Gasteiger charge is 2.45. The van der Waals surface area contributed by atoms with Crippen LogP contribution in [-0.4, -0.2) is 52.6 Å². The molecule has 5 heteroatoms. The van der Waals surface area contributed by atoms with E-state index >= 15 is 0 Å². The molecule has 0 bridgehead atoms. The van der Waals surface area contributed by atoms with Crippen LogP contribution in [-0.2, 0) is 6.42 Å². The summed E-state index contributed by atoms with van der Waals surface area (Å²) in [6, 6.07) is 4.34. The lowest BCUT2D eigenvalue weighted by molar-refractivity contribution is 0.0599. The maximum atomic E-state index is 12.8. The molecule has 2 heterocycles. The van der Waals surface area contributed by atoms with Crippen LogP contribution in [0.2, 0.25) is 0 Å². The number of fused-ring (bicyclic) bond motifs is 3. The van der Waals surface area contributed by atoms with Crippen molar-refractivity contribution in [1.82, 2.24) is 9.32 Å². The van der Waals surface area contributed by atoms with Crippen molar-refractivity contribution in [3.8, 4) is 0 Å². The standard InChI is InChI=1S/C16H21ClN2O2/c1-3-11-6-10(2)15-12(7-11)13-8-18(17)9-14(13)19(4-5-20)16(15)21/h6-7,13-14,20H,3-5,8-9H2,1-2H3/t13-,14+/m1/s1. The van der Waals surface area contributed by atoms with Gasteiger partial charge in [-0.05, 0) is 41.8 Å². The van der Waals surface area contributed by atoms with E-state index in [0.29, 0.717) is 13.1 Å². The molecular formula is C16H21ClN2O2. The predicted octanol–water partition coefficient (Wildman–Crippen LogP) is 1.93. The van der Waals surface area contributed by atoms with E-state index < -0.39 is 0 Å². The largest absolute Gasteiger partial charge is 0.395 e. The van der Waals surface area contributed by atoms with E-state index in [1.807, 2.05) is 6.92 Å². The number of aliphatic hydroxyl groups excluding tert-OH is 1. The molecular weight excluding hydrogens is 288 g/mol. The number of rotatable bonds is 3. The molecule has 21 heavy (non-hydrogen) atoms. The third kappa shape index (κ3) is 2.35. The van der Waals surface area contributed by atoms with E-state index in [-0.39, 0.29) is 24.5 Å². The number of hydrogen-bond donors (Lipinski definition) is 1. The monoisotopic (exact) mass is 308 g/mol. The van der Waals surface area contributed by atoms with Crippen molar-refractivity contribution >= 4 is 17.7 Å². The van der Waals surface area contributed by atoms with Gasteiger partial charge in [-0.15, -0.1) is 0 Å². The second-order valence-corrected chi connectivity index (χ2v) is 6.43. The summed E-state index contributed by atoms with van der Waals surface area (Å²) in [7, 11) is 0. The molecule has 3 rings (SSSR count). The molecule has 2 atom stereocenters. The van der Waals surface area contributed by atoms with Crippen LogP contribution in [0, 0.1) is 6.92 Å². The van der Waals surface area contributed by atoms with Crippen LogP contribution in [0.1, 0.15) is 39.9 Å². The Morgan fingerprint density at radius 3 is 2.81 bits per heavy atom. The van der Waals surface area contributed by atoms with Gasteiger partial charge >= 0.3 is 0 Å². The minimum absolute atomic E-state index is 0.0152. The number of hydrogen-bond acceptors (Lipinski definition) is 3. The van der Waals surface area contributed by atoms with Gasteiger partial charge in [-0.1, -0.05) is 19.1 Å². The van der Waals surface area contributed by atoms with Gasteiger partial charge in [0.2, 0.25) is 0 Å².